The van der Waals surface area contributed by atoms with Gasteiger partial charge in [-0.15, -0.1) is 0 Å². The van der Waals surface area contributed by atoms with E-state index in [9.17, 15) is 8.42 Å². The molecular weight excluding hydrogens is 290 g/mol. The molecule has 0 aromatic heterocycles. The second kappa shape index (κ2) is 6.42. The van der Waals surface area contributed by atoms with Crippen molar-refractivity contribution in [3.8, 4) is 18.2 Å². The molecule has 0 spiro atoms. The number of hydrogen-bond acceptors (Lipinski definition) is 6. The van der Waals surface area contributed by atoms with Crippen LogP contribution < -0.4 is 10.0 Å². The van der Waals surface area contributed by atoms with E-state index in [1.165, 1.54) is 6.07 Å². The monoisotopic (exact) mass is 301 g/mol. The summed E-state index contributed by atoms with van der Waals surface area (Å²) in [5, 5.41) is 29.1. The minimum atomic E-state index is -3.37. The van der Waals surface area contributed by atoms with Crippen molar-refractivity contribution in [2.45, 2.75) is 6.92 Å². The highest BCUT2D eigenvalue weighted by molar-refractivity contribution is 7.92. The Hall–Kier alpha value is -3.02. The molecule has 0 aliphatic heterocycles. The lowest BCUT2D eigenvalue weighted by Crippen LogP contribution is -2.10. The maximum atomic E-state index is 11.1. The van der Waals surface area contributed by atoms with Crippen molar-refractivity contribution in [3.05, 3.63) is 35.0 Å². The van der Waals surface area contributed by atoms with Crippen molar-refractivity contribution in [2.24, 2.45) is 0 Å². The fourth-order valence-corrected chi connectivity index (χ4v) is 2.05. The average Bonchev–Trinajstić information content (AvgIpc) is 2.39. The summed E-state index contributed by atoms with van der Waals surface area (Å²) in [4.78, 5) is 0. The highest BCUT2D eigenvalue weighted by Crippen LogP contribution is 2.22. The molecule has 106 valence electrons. The van der Waals surface area contributed by atoms with Gasteiger partial charge < -0.3 is 5.32 Å². The van der Waals surface area contributed by atoms with Crippen molar-refractivity contribution < 1.29 is 8.42 Å². The summed E-state index contributed by atoms with van der Waals surface area (Å²) < 4.78 is 24.6. The van der Waals surface area contributed by atoms with Crippen LogP contribution in [0.3, 0.4) is 0 Å². The fourth-order valence-electron chi connectivity index (χ4n) is 1.50. The molecule has 7 nitrogen and oxygen atoms in total. The van der Waals surface area contributed by atoms with Crippen LogP contribution in [0.1, 0.15) is 5.56 Å². The Bertz CT molecular complexity index is 804. The van der Waals surface area contributed by atoms with Crippen LogP contribution in [0.4, 0.5) is 11.4 Å². The Morgan fingerprint density at radius 2 is 1.76 bits per heavy atom. The van der Waals surface area contributed by atoms with Gasteiger partial charge in [0.1, 0.15) is 23.9 Å². The van der Waals surface area contributed by atoms with E-state index in [0.29, 0.717) is 16.9 Å². The number of hydrogen-bond donors (Lipinski definition) is 2. The molecule has 0 unspecified atom stereocenters. The van der Waals surface area contributed by atoms with Crippen LogP contribution in [0.15, 0.2) is 29.5 Å². The van der Waals surface area contributed by atoms with Crippen molar-refractivity contribution >= 4 is 21.4 Å². The van der Waals surface area contributed by atoms with E-state index in [-0.39, 0.29) is 11.3 Å². The van der Waals surface area contributed by atoms with E-state index in [0.717, 1.165) is 6.26 Å². The second-order valence-electron chi connectivity index (χ2n) is 4.11. The first-order valence-corrected chi connectivity index (χ1v) is 7.50. The van der Waals surface area contributed by atoms with Gasteiger partial charge in [-0.2, -0.15) is 15.8 Å². The van der Waals surface area contributed by atoms with Gasteiger partial charge in [0, 0.05) is 11.4 Å². The molecule has 0 saturated heterocycles. The number of sulfonamides is 1. The van der Waals surface area contributed by atoms with Crippen molar-refractivity contribution in [1.82, 2.24) is 0 Å². The zero-order valence-corrected chi connectivity index (χ0v) is 12.1. The van der Waals surface area contributed by atoms with Gasteiger partial charge in [-0.05, 0) is 30.7 Å². The van der Waals surface area contributed by atoms with E-state index in [4.69, 9.17) is 15.8 Å². The van der Waals surface area contributed by atoms with Crippen LogP contribution in [0.2, 0.25) is 0 Å². The Labute approximate surface area is 122 Å². The predicted molar refractivity (Wildman–Crippen MR) is 77.1 cm³/mol. The molecule has 1 aromatic carbocycles. The van der Waals surface area contributed by atoms with Crippen LogP contribution >= 0.6 is 0 Å². The maximum Gasteiger partial charge on any atom is 0.229 e. The SMILES string of the molecule is Cc1cc(NS(C)(=O)=O)ccc1NC(C#N)=C(C#N)C#N. The standard InChI is InChI=1S/C13H11N5O2S/c1-9-5-11(18-21(2,19)20)3-4-12(9)17-13(8-16)10(6-14)7-15/h3-5,17-18H,1-2H3. The van der Waals surface area contributed by atoms with Crippen LogP contribution in [0.25, 0.3) is 0 Å². The zero-order valence-electron chi connectivity index (χ0n) is 11.3. The third kappa shape index (κ3) is 4.54. The van der Waals surface area contributed by atoms with Crippen molar-refractivity contribution in [3.63, 3.8) is 0 Å². The Balaban J connectivity index is 3.14. The van der Waals surface area contributed by atoms with Crippen LogP contribution in [0, 0.1) is 40.9 Å². The first-order chi connectivity index (χ1) is 9.80. The van der Waals surface area contributed by atoms with E-state index >= 15 is 0 Å². The van der Waals surface area contributed by atoms with Crippen LogP contribution in [-0.2, 0) is 10.0 Å². The van der Waals surface area contributed by atoms with Gasteiger partial charge in [0.15, 0.2) is 5.57 Å². The summed E-state index contributed by atoms with van der Waals surface area (Å²) in [7, 11) is -3.37. The fraction of sp³-hybridized carbons (Fsp3) is 0.154. The quantitative estimate of drug-likeness (QED) is 0.812. The smallest absolute Gasteiger partial charge is 0.229 e. The van der Waals surface area contributed by atoms with Crippen molar-refractivity contribution in [2.75, 3.05) is 16.3 Å². The molecule has 0 fully saturated rings. The molecule has 0 amide bonds. The van der Waals surface area contributed by atoms with Gasteiger partial charge >= 0.3 is 0 Å². The van der Waals surface area contributed by atoms with E-state index in [2.05, 4.69) is 10.0 Å². The van der Waals surface area contributed by atoms with Gasteiger partial charge in [-0.25, -0.2) is 8.42 Å². The lowest BCUT2D eigenvalue weighted by atomic mass is 10.1. The molecule has 1 aromatic rings. The molecule has 21 heavy (non-hydrogen) atoms. The third-order valence-corrected chi connectivity index (χ3v) is 2.98. The maximum absolute atomic E-state index is 11.1. The normalized spacial score (nSPS) is 9.67. The number of benzene rings is 1. The van der Waals surface area contributed by atoms with E-state index in [1.54, 1.807) is 37.3 Å². The van der Waals surface area contributed by atoms with Gasteiger partial charge in [0.2, 0.25) is 10.0 Å². The number of aryl methyl sites for hydroxylation is 1. The minimum absolute atomic E-state index is 0.160. The Morgan fingerprint density at radius 1 is 1.14 bits per heavy atom. The summed E-state index contributed by atoms with van der Waals surface area (Å²) >= 11 is 0. The molecule has 8 heteroatoms. The predicted octanol–water partition coefficient (Wildman–Crippen LogP) is 1.60. The Kier molecular flexibility index (Phi) is 4.91. The van der Waals surface area contributed by atoms with Gasteiger partial charge in [0.05, 0.1) is 6.26 Å². The molecule has 0 saturated carbocycles. The second-order valence-corrected chi connectivity index (χ2v) is 5.86. The Morgan fingerprint density at radius 3 is 2.19 bits per heavy atom. The van der Waals surface area contributed by atoms with Gasteiger partial charge in [-0.1, -0.05) is 0 Å². The van der Waals surface area contributed by atoms with Gasteiger partial charge in [0.25, 0.3) is 0 Å². The third-order valence-electron chi connectivity index (χ3n) is 2.37. The summed E-state index contributed by atoms with van der Waals surface area (Å²) in [6.45, 7) is 1.70. The first-order valence-electron chi connectivity index (χ1n) is 5.60. The number of anilines is 2. The highest BCUT2D eigenvalue weighted by Gasteiger charge is 2.09. The van der Waals surface area contributed by atoms with Gasteiger partial charge in [-0.3, -0.25) is 4.72 Å². The van der Waals surface area contributed by atoms with E-state index in [1.807, 2.05) is 0 Å². The summed E-state index contributed by atoms with van der Waals surface area (Å²) in [5.41, 5.74) is 1.03. The average molecular weight is 301 g/mol. The molecule has 1 rings (SSSR count). The molecule has 0 aliphatic rings. The van der Waals surface area contributed by atoms with Crippen LogP contribution in [-0.4, -0.2) is 14.7 Å². The first kappa shape index (κ1) is 16.0. The molecule has 2 N–H and O–H groups in total. The zero-order chi connectivity index (χ0) is 16.0. The minimum Gasteiger partial charge on any atom is -0.345 e. The molecular formula is C13H11N5O2S. The molecule has 0 radical (unpaired) electrons. The number of nitrogens with zero attached hydrogens (tertiary/aromatic N) is 3. The number of nitriles is 3. The molecule has 0 aliphatic carbocycles. The topological polar surface area (TPSA) is 130 Å². The molecule has 0 bridgehead atoms. The summed E-state index contributed by atoms with van der Waals surface area (Å²) in [6, 6.07) is 9.62. The highest BCUT2D eigenvalue weighted by atomic mass is 32.2. The van der Waals surface area contributed by atoms with E-state index < -0.39 is 10.0 Å². The van der Waals surface area contributed by atoms with Crippen LogP contribution in [0.5, 0.6) is 0 Å². The summed E-state index contributed by atoms with van der Waals surface area (Å²) in [5.74, 6) is 0. The molecule has 0 atom stereocenters. The number of nitrogens with one attached hydrogen (secondary N) is 2. The number of rotatable bonds is 4. The lowest BCUT2D eigenvalue weighted by molar-refractivity contribution is 0.607. The largest absolute Gasteiger partial charge is 0.345 e. The number of allylic oxidation sites excluding steroid dienone is 2. The lowest BCUT2D eigenvalue weighted by Gasteiger charge is -2.11. The van der Waals surface area contributed by atoms with Crippen molar-refractivity contribution in [1.29, 1.82) is 15.8 Å². The summed E-state index contributed by atoms with van der Waals surface area (Å²) in [6.07, 6.45) is 1.04. The molecule has 0 heterocycles.